The highest BCUT2D eigenvalue weighted by Gasteiger charge is 2.19. The molecule has 2 N–H and O–H groups in total. The van der Waals surface area contributed by atoms with Gasteiger partial charge in [-0.05, 0) is 35.6 Å². The molecule has 1 aromatic carbocycles. The van der Waals surface area contributed by atoms with Gasteiger partial charge < -0.3 is 10.6 Å². The van der Waals surface area contributed by atoms with Crippen molar-refractivity contribution in [1.82, 2.24) is 5.32 Å². The van der Waals surface area contributed by atoms with E-state index < -0.39 is 0 Å². The van der Waals surface area contributed by atoms with E-state index in [0.29, 0.717) is 11.3 Å². The zero-order valence-electron chi connectivity index (χ0n) is 11.0. The van der Waals surface area contributed by atoms with E-state index >= 15 is 0 Å². The Bertz CT molecular complexity index is 665. The normalized spacial score (nSPS) is 14.6. The third-order valence-corrected chi connectivity index (χ3v) is 4.22. The largest absolute Gasteiger partial charge is 0.345 e. The number of hydrogen-bond acceptors (Lipinski definition) is 3. The van der Waals surface area contributed by atoms with E-state index in [4.69, 9.17) is 0 Å². The quantitative estimate of drug-likeness (QED) is 0.911. The number of carbonyl (C=O) groups is 2. The van der Waals surface area contributed by atoms with Crippen LogP contribution in [0.1, 0.15) is 33.8 Å². The van der Waals surface area contributed by atoms with Crippen molar-refractivity contribution in [2.24, 2.45) is 0 Å². The molecule has 0 aliphatic carbocycles. The highest BCUT2D eigenvalue weighted by atomic mass is 32.1. The van der Waals surface area contributed by atoms with Crippen LogP contribution in [0.4, 0.5) is 5.69 Å². The summed E-state index contributed by atoms with van der Waals surface area (Å²) in [4.78, 5) is 24.0. The number of thiophene rings is 1. The van der Waals surface area contributed by atoms with Crippen LogP contribution in [-0.4, -0.2) is 11.8 Å². The molecule has 0 radical (unpaired) electrons. The molecule has 102 valence electrons. The standard InChI is InChI=1S/C15H14N2O2S/c1-9(16-15(19)13-3-2-6-20-13)10-4-5-12-11(7-10)8-14(18)17-12/h2-7,9H,8H2,1H3,(H,16,19)(H,17,18)/t9-/m1/s1. The fourth-order valence-corrected chi connectivity index (χ4v) is 2.90. The van der Waals surface area contributed by atoms with E-state index in [1.165, 1.54) is 11.3 Å². The number of amides is 2. The Morgan fingerprint density at radius 3 is 3.00 bits per heavy atom. The summed E-state index contributed by atoms with van der Waals surface area (Å²) >= 11 is 1.42. The van der Waals surface area contributed by atoms with Gasteiger partial charge in [-0.15, -0.1) is 11.3 Å². The van der Waals surface area contributed by atoms with Gasteiger partial charge in [0.05, 0.1) is 17.3 Å². The lowest BCUT2D eigenvalue weighted by Gasteiger charge is -2.14. The van der Waals surface area contributed by atoms with Crippen molar-refractivity contribution in [3.8, 4) is 0 Å². The van der Waals surface area contributed by atoms with Gasteiger partial charge in [0.15, 0.2) is 0 Å². The number of carbonyl (C=O) groups excluding carboxylic acids is 2. The SMILES string of the molecule is C[C@@H](NC(=O)c1cccs1)c1ccc2c(c1)CC(=O)N2. The smallest absolute Gasteiger partial charge is 0.261 e. The predicted molar refractivity (Wildman–Crippen MR) is 79.0 cm³/mol. The van der Waals surface area contributed by atoms with Crippen molar-refractivity contribution in [2.45, 2.75) is 19.4 Å². The summed E-state index contributed by atoms with van der Waals surface area (Å²) in [6.45, 7) is 1.94. The van der Waals surface area contributed by atoms with Crippen LogP contribution in [0.3, 0.4) is 0 Å². The van der Waals surface area contributed by atoms with Gasteiger partial charge in [0, 0.05) is 5.69 Å². The summed E-state index contributed by atoms with van der Waals surface area (Å²) < 4.78 is 0. The lowest BCUT2D eigenvalue weighted by molar-refractivity contribution is -0.115. The minimum atomic E-state index is -0.0920. The molecule has 0 spiro atoms. The number of hydrogen-bond donors (Lipinski definition) is 2. The molecule has 1 aliphatic rings. The first kappa shape index (κ1) is 12.9. The Kier molecular flexibility index (Phi) is 3.28. The highest BCUT2D eigenvalue weighted by Crippen LogP contribution is 2.26. The molecule has 5 heteroatoms. The lowest BCUT2D eigenvalue weighted by Crippen LogP contribution is -2.25. The maximum Gasteiger partial charge on any atom is 0.261 e. The third kappa shape index (κ3) is 2.44. The minimum absolute atomic E-state index is 0.0208. The second kappa shape index (κ2) is 5.09. The van der Waals surface area contributed by atoms with Crippen molar-refractivity contribution in [3.63, 3.8) is 0 Å². The van der Waals surface area contributed by atoms with E-state index in [-0.39, 0.29) is 17.9 Å². The first-order chi connectivity index (χ1) is 9.63. The fourth-order valence-electron chi connectivity index (χ4n) is 2.28. The van der Waals surface area contributed by atoms with Crippen LogP contribution in [0.25, 0.3) is 0 Å². The first-order valence-corrected chi connectivity index (χ1v) is 7.28. The highest BCUT2D eigenvalue weighted by molar-refractivity contribution is 7.12. The summed E-state index contributed by atoms with van der Waals surface area (Å²) in [7, 11) is 0. The molecule has 2 heterocycles. The van der Waals surface area contributed by atoms with Crippen molar-refractivity contribution in [1.29, 1.82) is 0 Å². The van der Waals surface area contributed by atoms with E-state index in [1.54, 1.807) is 6.07 Å². The maximum atomic E-state index is 12.0. The van der Waals surface area contributed by atoms with Gasteiger partial charge in [-0.25, -0.2) is 0 Å². The Labute approximate surface area is 120 Å². The van der Waals surface area contributed by atoms with Gasteiger partial charge in [0.2, 0.25) is 5.91 Å². The van der Waals surface area contributed by atoms with Crippen LogP contribution in [0.2, 0.25) is 0 Å². The Morgan fingerprint density at radius 2 is 2.25 bits per heavy atom. The fraction of sp³-hybridized carbons (Fsp3) is 0.200. The third-order valence-electron chi connectivity index (χ3n) is 3.35. The number of fused-ring (bicyclic) bond motifs is 1. The molecule has 4 nitrogen and oxygen atoms in total. The van der Waals surface area contributed by atoms with E-state index in [0.717, 1.165) is 16.8 Å². The topological polar surface area (TPSA) is 58.2 Å². The van der Waals surface area contributed by atoms with Crippen molar-refractivity contribution < 1.29 is 9.59 Å². The zero-order valence-corrected chi connectivity index (χ0v) is 11.8. The average Bonchev–Trinajstić information content (AvgIpc) is 3.05. The molecule has 0 fully saturated rings. The second-order valence-electron chi connectivity index (χ2n) is 4.81. The van der Waals surface area contributed by atoms with Crippen LogP contribution in [0.15, 0.2) is 35.7 Å². The minimum Gasteiger partial charge on any atom is -0.345 e. The Morgan fingerprint density at radius 1 is 1.40 bits per heavy atom. The van der Waals surface area contributed by atoms with Crippen LogP contribution in [-0.2, 0) is 11.2 Å². The number of benzene rings is 1. The summed E-state index contributed by atoms with van der Waals surface area (Å²) in [5.41, 5.74) is 2.87. The number of nitrogens with one attached hydrogen (secondary N) is 2. The molecule has 0 saturated heterocycles. The Balaban J connectivity index is 1.75. The maximum absolute atomic E-state index is 12.0. The summed E-state index contributed by atoms with van der Waals surface area (Å²) in [6.07, 6.45) is 0.411. The number of anilines is 1. The predicted octanol–water partition coefficient (Wildman–Crippen LogP) is 2.73. The lowest BCUT2D eigenvalue weighted by atomic mass is 10.0. The molecule has 2 aromatic rings. The molecule has 1 aliphatic heterocycles. The summed E-state index contributed by atoms with van der Waals surface area (Å²) in [6, 6.07) is 9.37. The van der Waals surface area contributed by atoms with Crippen LogP contribution < -0.4 is 10.6 Å². The molecule has 0 saturated carbocycles. The van der Waals surface area contributed by atoms with Crippen LogP contribution in [0.5, 0.6) is 0 Å². The van der Waals surface area contributed by atoms with Crippen LogP contribution in [0, 0.1) is 0 Å². The first-order valence-electron chi connectivity index (χ1n) is 6.40. The van der Waals surface area contributed by atoms with Gasteiger partial charge in [-0.2, -0.15) is 0 Å². The monoisotopic (exact) mass is 286 g/mol. The van der Waals surface area contributed by atoms with Gasteiger partial charge in [-0.3, -0.25) is 9.59 Å². The molecule has 3 rings (SSSR count). The molecule has 0 unspecified atom stereocenters. The molecular formula is C15H14N2O2S. The molecule has 1 aromatic heterocycles. The van der Waals surface area contributed by atoms with Gasteiger partial charge in [0.25, 0.3) is 5.91 Å². The molecular weight excluding hydrogens is 272 g/mol. The average molecular weight is 286 g/mol. The molecule has 0 bridgehead atoms. The molecule has 1 atom stereocenters. The molecule has 20 heavy (non-hydrogen) atoms. The van der Waals surface area contributed by atoms with Crippen molar-refractivity contribution in [3.05, 3.63) is 51.7 Å². The summed E-state index contributed by atoms with van der Waals surface area (Å²) in [5.74, 6) is -0.0466. The van der Waals surface area contributed by atoms with Gasteiger partial charge in [0.1, 0.15) is 0 Å². The van der Waals surface area contributed by atoms with Gasteiger partial charge in [-0.1, -0.05) is 18.2 Å². The van der Waals surface area contributed by atoms with E-state index in [9.17, 15) is 9.59 Å². The van der Waals surface area contributed by atoms with Gasteiger partial charge >= 0.3 is 0 Å². The molecule has 2 amide bonds. The summed E-state index contributed by atoms with van der Waals surface area (Å²) in [5, 5.41) is 7.65. The zero-order chi connectivity index (χ0) is 14.1. The Hall–Kier alpha value is -2.14. The van der Waals surface area contributed by atoms with Crippen molar-refractivity contribution >= 4 is 28.8 Å². The second-order valence-corrected chi connectivity index (χ2v) is 5.76. The van der Waals surface area contributed by atoms with E-state index in [2.05, 4.69) is 10.6 Å². The number of rotatable bonds is 3. The van der Waals surface area contributed by atoms with Crippen LogP contribution >= 0.6 is 11.3 Å². The van der Waals surface area contributed by atoms with E-state index in [1.807, 2.05) is 36.6 Å². The van der Waals surface area contributed by atoms with Crippen molar-refractivity contribution in [2.75, 3.05) is 5.32 Å².